The molecule has 0 unspecified atom stereocenters. The molecule has 1 aliphatic carbocycles. The molecule has 51 heavy (non-hydrogen) atoms. The number of carbonyl (C=O) groups is 3. The molecule has 6 N–H and O–H groups in total. The first-order valence-electron chi connectivity index (χ1n) is 16.7. The Labute approximate surface area is 297 Å². The molecule has 0 bridgehead atoms. The summed E-state index contributed by atoms with van der Waals surface area (Å²) in [4.78, 5) is 43.8. The molecule has 11 heteroatoms. The first kappa shape index (κ1) is 36.7. The Morgan fingerprint density at radius 2 is 1.61 bits per heavy atom. The van der Waals surface area contributed by atoms with Crippen molar-refractivity contribution >= 4 is 17.9 Å². The first-order valence-corrected chi connectivity index (χ1v) is 16.7. The van der Waals surface area contributed by atoms with E-state index in [1.807, 2.05) is 60.7 Å². The fourth-order valence-corrected chi connectivity index (χ4v) is 6.18. The van der Waals surface area contributed by atoms with Crippen LogP contribution in [0.25, 0.3) is 0 Å². The second kappa shape index (κ2) is 16.0. The highest BCUT2D eigenvalue weighted by atomic mass is 16.4. The Balaban J connectivity index is 1.49. The molecule has 3 amide bonds. The number of hydrogen-bond acceptors (Lipinski definition) is 7. The highest BCUT2D eigenvalue weighted by molar-refractivity contribution is 5.87. The van der Waals surface area contributed by atoms with Gasteiger partial charge in [0.15, 0.2) is 5.60 Å². The van der Waals surface area contributed by atoms with Crippen molar-refractivity contribution in [2.75, 3.05) is 6.54 Å². The van der Waals surface area contributed by atoms with Gasteiger partial charge in [0.2, 0.25) is 0 Å². The minimum atomic E-state index is -2.12. The molecule has 0 saturated heterocycles. The van der Waals surface area contributed by atoms with Gasteiger partial charge < -0.3 is 26.0 Å². The summed E-state index contributed by atoms with van der Waals surface area (Å²) in [5, 5.41) is 39.5. The van der Waals surface area contributed by atoms with Crippen LogP contribution in [0.15, 0.2) is 103 Å². The van der Waals surface area contributed by atoms with E-state index in [1.165, 1.54) is 5.01 Å². The number of nitrogens with one attached hydrogen (secondary N) is 3. The van der Waals surface area contributed by atoms with Crippen LogP contribution in [0.3, 0.4) is 0 Å². The molecule has 4 atom stereocenters. The lowest BCUT2D eigenvalue weighted by atomic mass is 9.86. The van der Waals surface area contributed by atoms with Crippen LogP contribution in [0, 0.1) is 17.3 Å². The van der Waals surface area contributed by atoms with Gasteiger partial charge in [-0.3, -0.25) is 20.0 Å². The molecule has 0 saturated carbocycles. The smallest absolute Gasteiger partial charge is 0.405 e. The van der Waals surface area contributed by atoms with Gasteiger partial charge >= 0.3 is 6.09 Å². The number of carbonyl (C=O) groups excluding carboxylic acids is 2. The maximum absolute atomic E-state index is 14.2. The Kier molecular flexibility index (Phi) is 11.5. The van der Waals surface area contributed by atoms with Crippen LogP contribution in [0.5, 0.6) is 0 Å². The van der Waals surface area contributed by atoms with Crippen molar-refractivity contribution in [2.24, 2.45) is 5.41 Å². The van der Waals surface area contributed by atoms with Crippen molar-refractivity contribution in [1.29, 1.82) is 0 Å². The van der Waals surface area contributed by atoms with E-state index in [-0.39, 0.29) is 19.5 Å². The zero-order valence-corrected chi connectivity index (χ0v) is 28.8. The number of aliphatic hydroxyl groups is 2. The summed E-state index contributed by atoms with van der Waals surface area (Å²) in [5.41, 5.74) is 4.33. The van der Waals surface area contributed by atoms with E-state index >= 15 is 0 Å². The molecule has 264 valence electrons. The molecule has 0 spiro atoms. The fraction of sp³-hybridized carbons (Fsp3) is 0.300. The average Bonchev–Trinajstić information content (AvgIpc) is 3.41. The third kappa shape index (κ3) is 9.80. The van der Waals surface area contributed by atoms with Gasteiger partial charge in [0.1, 0.15) is 6.04 Å². The highest BCUT2D eigenvalue weighted by Gasteiger charge is 2.43. The van der Waals surface area contributed by atoms with Crippen molar-refractivity contribution in [3.05, 3.63) is 137 Å². The zero-order chi connectivity index (χ0) is 36.6. The molecule has 1 aromatic heterocycles. The van der Waals surface area contributed by atoms with Crippen molar-refractivity contribution in [2.45, 2.75) is 63.9 Å². The topological polar surface area (TPSA) is 164 Å². The summed E-state index contributed by atoms with van der Waals surface area (Å²) >= 11 is 0. The quantitative estimate of drug-likeness (QED) is 0.102. The zero-order valence-electron chi connectivity index (χ0n) is 28.8. The maximum atomic E-state index is 14.2. The van der Waals surface area contributed by atoms with Gasteiger partial charge in [-0.25, -0.2) is 9.80 Å². The number of carboxylic acid groups (broad SMARTS) is 1. The van der Waals surface area contributed by atoms with E-state index in [4.69, 9.17) is 0 Å². The molecule has 0 fully saturated rings. The summed E-state index contributed by atoms with van der Waals surface area (Å²) in [6.45, 7) is 4.82. The molecule has 3 aromatic carbocycles. The summed E-state index contributed by atoms with van der Waals surface area (Å²) < 4.78 is 0. The number of hydrazine groups is 1. The number of aromatic nitrogens is 1. The lowest BCUT2D eigenvalue weighted by Crippen LogP contribution is -2.62. The van der Waals surface area contributed by atoms with Crippen molar-refractivity contribution in [3.63, 3.8) is 0 Å². The van der Waals surface area contributed by atoms with E-state index < -0.39 is 47.1 Å². The molecule has 0 radical (unpaired) electrons. The van der Waals surface area contributed by atoms with Crippen LogP contribution in [-0.4, -0.2) is 67.5 Å². The predicted octanol–water partition coefficient (Wildman–Crippen LogP) is 3.75. The molecule has 1 aliphatic rings. The van der Waals surface area contributed by atoms with Gasteiger partial charge in [-0.2, -0.15) is 0 Å². The fourth-order valence-electron chi connectivity index (χ4n) is 6.18. The third-order valence-electron chi connectivity index (χ3n) is 8.68. The number of fused-ring (bicyclic) bond motifs is 1. The summed E-state index contributed by atoms with van der Waals surface area (Å²) in [6, 6.07) is 25.5. The van der Waals surface area contributed by atoms with Crippen LogP contribution in [0.1, 0.15) is 60.2 Å². The monoisotopic (exact) mass is 689 g/mol. The van der Waals surface area contributed by atoms with Crippen LogP contribution in [0.4, 0.5) is 4.79 Å². The van der Waals surface area contributed by atoms with Gasteiger partial charge in [-0.1, -0.05) is 99.3 Å². The summed E-state index contributed by atoms with van der Waals surface area (Å²) in [6.07, 6.45) is 1.29. The number of aliphatic hydroxyl groups excluding tert-OH is 1. The molecule has 0 aliphatic heterocycles. The number of nitrogens with zero attached hydrogens (tertiary/aromatic N) is 2. The molecule has 1 heterocycles. The summed E-state index contributed by atoms with van der Waals surface area (Å²) in [7, 11) is 0. The molecular weight excluding hydrogens is 646 g/mol. The largest absolute Gasteiger partial charge is 0.465 e. The molecule has 4 aromatic rings. The van der Waals surface area contributed by atoms with E-state index in [0.717, 1.165) is 16.7 Å². The summed E-state index contributed by atoms with van der Waals surface area (Å²) in [5.74, 6) is 4.79. The molecule has 11 nitrogen and oxygen atoms in total. The SMILES string of the molecule is CC(C)(C)[C@H](NC(=O)O)C(=O)NN(Cc1cccc(C#Cc2cccnc2)c1)C[C@@](O)(Cc1ccccc1)C(=O)N[C@H]1c2ccccc2C[C@H]1O. The van der Waals surface area contributed by atoms with Gasteiger partial charge in [0.25, 0.3) is 11.8 Å². The lowest BCUT2D eigenvalue weighted by Gasteiger charge is -2.37. The minimum absolute atomic E-state index is 0.0252. The number of benzene rings is 3. The Hall–Kier alpha value is -5.54. The van der Waals surface area contributed by atoms with Crippen molar-refractivity contribution in [1.82, 2.24) is 26.1 Å². The third-order valence-corrected chi connectivity index (χ3v) is 8.68. The van der Waals surface area contributed by atoms with E-state index in [9.17, 15) is 29.7 Å². The number of amides is 3. The number of hydrogen-bond donors (Lipinski definition) is 6. The van der Waals surface area contributed by atoms with Crippen LogP contribution < -0.4 is 16.1 Å². The molecular formula is C40H43N5O6. The van der Waals surface area contributed by atoms with E-state index in [1.54, 1.807) is 63.5 Å². The normalized spacial score (nSPS) is 16.9. The van der Waals surface area contributed by atoms with Crippen LogP contribution in [-0.2, 0) is 29.0 Å². The van der Waals surface area contributed by atoms with Gasteiger partial charge in [0, 0.05) is 42.9 Å². The maximum Gasteiger partial charge on any atom is 0.405 e. The van der Waals surface area contributed by atoms with Crippen molar-refractivity contribution in [3.8, 4) is 11.8 Å². The standard InChI is InChI=1S/C40H43N5O6/c1-39(2,3)35(43-38(49)50)36(47)44-45(25-30-14-9-13-27(21-30)18-19-29-15-10-20-41-24-29)26-40(51,23-28-11-5-4-6-12-28)37(48)42-34-32-17-8-7-16-31(32)22-33(34)46/h4-17,20-21,24,33-35,43,46,51H,22-23,25-26H2,1-3H3,(H,42,48)(H,44,47)(H,49,50)/t33-,34+,35-,40+/m1/s1. The second-order valence-electron chi connectivity index (χ2n) is 13.9. The minimum Gasteiger partial charge on any atom is -0.465 e. The Morgan fingerprint density at radius 1 is 0.922 bits per heavy atom. The number of pyridine rings is 1. The van der Waals surface area contributed by atoms with Crippen molar-refractivity contribution < 1.29 is 29.7 Å². The Morgan fingerprint density at radius 3 is 2.31 bits per heavy atom. The average molecular weight is 690 g/mol. The Bertz CT molecular complexity index is 1900. The highest BCUT2D eigenvalue weighted by Crippen LogP contribution is 2.32. The van der Waals surface area contributed by atoms with E-state index in [2.05, 4.69) is 32.9 Å². The van der Waals surface area contributed by atoms with Crippen LogP contribution >= 0.6 is 0 Å². The molecule has 5 rings (SSSR count). The number of rotatable bonds is 11. The lowest BCUT2D eigenvalue weighted by molar-refractivity contribution is -0.147. The van der Waals surface area contributed by atoms with Gasteiger partial charge in [0.05, 0.1) is 18.7 Å². The second-order valence-corrected chi connectivity index (χ2v) is 13.9. The van der Waals surface area contributed by atoms with Gasteiger partial charge in [-0.05, 0) is 51.9 Å². The van der Waals surface area contributed by atoms with E-state index in [0.29, 0.717) is 23.1 Å². The van der Waals surface area contributed by atoms with Crippen LogP contribution in [0.2, 0.25) is 0 Å². The van der Waals surface area contributed by atoms with Gasteiger partial charge in [-0.15, -0.1) is 0 Å². The predicted molar refractivity (Wildman–Crippen MR) is 192 cm³/mol. The first-order chi connectivity index (χ1) is 24.3.